The Bertz CT molecular complexity index is 386. The highest BCUT2D eigenvalue weighted by Crippen LogP contribution is 2.28. The van der Waals surface area contributed by atoms with Crippen LogP contribution in [0.25, 0.3) is 0 Å². The largest absolute Gasteiger partial charge is 0.375 e. The fourth-order valence-electron chi connectivity index (χ4n) is 2.57. The van der Waals surface area contributed by atoms with Crippen molar-refractivity contribution in [2.45, 2.75) is 51.1 Å². The highest BCUT2D eigenvalue weighted by atomic mass is 79.9. The van der Waals surface area contributed by atoms with E-state index in [4.69, 9.17) is 9.47 Å². The van der Waals surface area contributed by atoms with E-state index in [9.17, 15) is 4.39 Å². The lowest BCUT2D eigenvalue weighted by molar-refractivity contribution is -0.118. The smallest absolute Gasteiger partial charge is 0.123 e. The first-order valence-corrected chi connectivity index (χ1v) is 7.83. The summed E-state index contributed by atoms with van der Waals surface area (Å²) in [4.78, 5) is 0. The van der Waals surface area contributed by atoms with Crippen LogP contribution in [-0.4, -0.2) is 23.6 Å². The summed E-state index contributed by atoms with van der Waals surface area (Å²) < 4.78 is 24.8. The van der Waals surface area contributed by atoms with E-state index < -0.39 is 0 Å². The quantitative estimate of drug-likeness (QED) is 0.769. The predicted octanol–water partition coefficient (Wildman–Crippen LogP) is 4.23. The Morgan fingerprint density at radius 2 is 1.84 bits per heavy atom. The summed E-state index contributed by atoms with van der Waals surface area (Å²) in [6.07, 6.45) is 2.45. The average molecular weight is 331 g/mol. The van der Waals surface area contributed by atoms with E-state index in [0.717, 1.165) is 18.4 Å². The van der Waals surface area contributed by atoms with Gasteiger partial charge >= 0.3 is 0 Å². The second-order valence-corrected chi connectivity index (χ2v) is 5.83. The summed E-state index contributed by atoms with van der Waals surface area (Å²) in [5.74, 6) is -0.217. The summed E-state index contributed by atoms with van der Waals surface area (Å²) >= 11 is 3.48. The van der Waals surface area contributed by atoms with Crippen molar-refractivity contribution in [2.24, 2.45) is 0 Å². The molecule has 4 heteroatoms. The zero-order valence-corrected chi connectivity index (χ0v) is 12.9. The van der Waals surface area contributed by atoms with Crippen LogP contribution in [0.1, 0.15) is 38.4 Å². The van der Waals surface area contributed by atoms with Gasteiger partial charge in [0.05, 0.1) is 24.4 Å². The minimum atomic E-state index is -0.217. The fraction of sp³-hybridized carbons (Fsp3) is 0.600. The molecular weight excluding hydrogens is 311 g/mol. The third kappa shape index (κ3) is 4.26. The maximum Gasteiger partial charge on any atom is 0.123 e. The summed E-state index contributed by atoms with van der Waals surface area (Å²) in [5.41, 5.74) is 1.00. The van der Waals surface area contributed by atoms with Crippen molar-refractivity contribution in [3.63, 3.8) is 0 Å². The van der Waals surface area contributed by atoms with Gasteiger partial charge in [-0.05, 0) is 44.4 Å². The van der Waals surface area contributed by atoms with Crippen LogP contribution in [0.15, 0.2) is 24.3 Å². The summed E-state index contributed by atoms with van der Waals surface area (Å²) in [6.45, 7) is 4.15. The molecule has 0 spiro atoms. The first-order valence-electron chi connectivity index (χ1n) is 6.71. The first-order chi connectivity index (χ1) is 9.08. The van der Waals surface area contributed by atoms with Crippen LogP contribution < -0.4 is 0 Å². The number of benzene rings is 1. The van der Waals surface area contributed by atoms with E-state index in [2.05, 4.69) is 29.8 Å². The predicted molar refractivity (Wildman–Crippen MR) is 77.1 cm³/mol. The molecule has 106 valence electrons. The molecule has 1 aliphatic rings. The summed E-state index contributed by atoms with van der Waals surface area (Å²) in [6, 6.07) is 6.52. The van der Waals surface area contributed by atoms with Crippen molar-refractivity contribution in [3.05, 3.63) is 35.6 Å². The Labute approximate surface area is 122 Å². The van der Waals surface area contributed by atoms with Gasteiger partial charge in [-0.15, -0.1) is 0 Å². The van der Waals surface area contributed by atoms with Crippen LogP contribution in [0.4, 0.5) is 4.39 Å². The number of hydrogen-bond acceptors (Lipinski definition) is 2. The van der Waals surface area contributed by atoms with Crippen molar-refractivity contribution in [2.75, 3.05) is 5.33 Å². The third-order valence-corrected chi connectivity index (χ3v) is 3.98. The molecule has 2 rings (SSSR count). The second-order valence-electron chi connectivity index (χ2n) is 5.18. The molecule has 2 nitrogen and oxygen atoms in total. The Balaban J connectivity index is 2.00. The normalized spacial score (nSPS) is 29.2. The molecule has 0 bridgehead atoms. The SMILES string of the molecule is CC1CC(OC(CBr)c2ccc(F)cc2)CC(C)O1. The highest BCUT2D eigenvalue weighted by molar-refractivity contribution is 9.09. The number of ether oxygens (including phenoxy) is 2. The van der Waals surface area contributed by atoms with E-state index in [0.29, 0.717) is 5.33 Å². The zero-order valence-electron chi connectivity index (χ0n) is 11.3. The van der Waals surface area contributed by atoms with Gasteiger partial charge in [-0.2, -0.15) is 0 Å². The van der Waals surface area contributed by atoms with E-state index >= 15 is 0 Å². The molecule has 1 fully saturated rings. The Hall–Kier alpha value is -0.450. The number of hydrogen-bond donors (Lipinski definition) is 0. The molecule has 1 aromatic rings. The van der Waals surface area contributed by atoms with Crippen molar-refractivity contribution in [1.29, 1.82) is 0 Å². The third-order valence-electron chi connectivity index (χ3n) is 3.39. The first kappa shape index (κ1) is 14.9. The maximum absolute atomic E-state index is 12.9. The monoisotopic (exact) mass is 330 g/mol. The van der Waals surface area contributed by atoms with Crippen molar-refractivity contribution >= 4 is 15.9 Å². The summed E-state index contributed by atoms with van der Waals surface area (Å²) in [5, 5.41) is 0.707. The van der Waals surface area contributed by atoms with E-state index in [-0.39, 0.29) is 30.2 Å². The van der Waals surface area contributed by atoms with Gasteiger partial charge in [0.2, 0.25) is 0 Å². The molecule has 0 amide bonds. The van der Waals surface area contributed by atoms with Gasteiger partial charge in [-0.3, -0.25) is 0 Å². The molecule has 3 unspecified atom stereocenters. The van der Waals surface area contributed by atoms with Crippen LogP contribution in [0, 0.1) is 5.82 Å². The van der Waals surface area contributed by atoms with Crippen LogP contribution in [0.5, 0.6) is 0 Å². The average Bonchev–Trinajstić information content (AvgIpc) is 2.36. The van der Waals surface area contributed by atoms with Crippen molar-refractivity contribution in [3.8, 4) is 0 Å². The minimum absolute atomic E-state index is 0.0388. The number of rotatable bonds is 4. The molecule has 0 N–H and O–H groups in total. The molecule has 0 aromatic heterocycles. The Morgan fingerprint density at radius 1 is 1.26 bits per heavy atom. The standard InChI is InChI=1S/C15H20BrFO2/c1-10-7-14(8-11(2)18-10)19-15(9-16)12-3-5-13(17)6-4-12/h3-6,10-11,14-15H,7-9H2,1-2H3. The van der Waals surface area contributed by atoms with Crippen LogP contribution in [-0.2, 0) is 9.47 Å². The molecule has 0 aliphatic carbocycles. The number of halogens is 2. The molecular formula is C15H20BrFO2. The molecule has 0 saturated carbocycles. The van der Waals surface area contributed by atoms with Gasteiger partial charge < -0.3 is 9.47 Å². The van der Waals surface area contributed by atoms with Gasteiger partial charge in [-0.1, -0.05) is 28.1 Å². The molecule has 3 atom stereocenters. The second kappa shape index (κ2) is 6.82. The van der Waals surface area contributed by atoms with Crippen LogP contribution in [0.2, 0.25) is 0 Å². The lowest BCUT2D eigenvalue weighted by Crippen LogP contribution is -2.35. The molecule has 1 aliphatic heterocycles. The van der Waals surface area contributed by atoms with Crippen molar-refractivity contribution in [1.82, 2.24) is 0 Å². The number of alkyl halides is 1. The molecule has 19 heavy (non-hydrogen) atoms. The Morgan fingerprint density at radius 3 is 2.37 bits per heavy atom. The molecule has 1 aromatic carbocycles. The highest BCUT2D eigenvalue weighted by Gasteiger charge is 2.27. The lowest BCUT2D eigenvalue weighted by Gasteiger charge is -2.34. The summed E-state index contributed by atoms with van der Waals surface area (Å²) in [7, 11) is 0. The van der Waals surface area contributed by atoms with E-state index in [1.54, 1.807) is 12.1 Å². The molecule has 1 saturated heterocycles. The Kier molecular flexibility index (Phi) is 5.37. The minimum Gasteiger partial charge on any atom is -0.375 e. The van der Waals surface area contributed by atoms with Gasteiger partial charge in [0.1, 0.15) is 5.82 Å². The van der Waals surface area contributed by atoms with Gasteiger partial charge in [0.25, 0.3) is 0 Å². The van der Waals surface area contributed by atoms with E-state index in [1.807, 2.05) is 0 Å². The topological polar surface area (TPSA) is 18.5 Å². The molecule has 0 radical (unpaired) electrons. The molecule has 1 heterocycles. The fourth-order valence-corrected chi connectivity index (χ4v) is 3.10. The van der Waals surface area contributed by atoms with Crippen LogP contribution in [0.3, 0.4) is 0 Å². The van der Waals surface area contributed by atoms with Gasteiger partial charge in [0, 0.05) is 5.33 Å². The van der Waals surface area contributed by atoms with Crippen molar-refractivity contribution < 1.29 is 13.9 Å². The zero-order chi connectivity index (χ0) is 13.8. The van der Waals surface area contributed by atoms with Crippen LogP contribution >= 0.6 is 15.9 Å². The maximum atomic E-state index is 12.9. The van der Waals surface area contributed by atoms with Gasteiger partial charge in [0.15, 0.2) is 0 Å². The van der Waals surface area contributed by atoms with Gasteiger partial charge in [-0.25, -0.2) is 4.39 Å². The van der Waals surface area contributed by atoms with E-state index in [1.165, 1.54) is 12.1 Å². The lowest BCUT2D eigenvalue weighted by atomic mass is 10.0.